The molecule has 0 aromatic rings. The van der Waals surface area contributed by atoms with E-state index in [0.717, 1.165) is 9.80 Å². The second kappa shape index (κ2) is 8.82. The van der Waals surface area contributed by atoms with Gasteiger partial charge in [0.25, 0.3) is 0 Å². The number of nitrogens with zero attached hydrogens (tertiary/aromatic N) is 2. The third kappa shape index (κ3) is 3.57. The molecule has 12 heteroatoms. The van der Waals surface area contributed by atoms with Gasteiger partial charge in [0.2, 0.25) is 23.6 Å². The van der Waals surface area contributed by atoms with E-state index < -0.39 is 46.4 Å². The molecule has 0 bridgehead atoms. The van der Waals surface area contributed by atoms with Crippen LogP contribution in [0.3, 0.4) is 0 Å². The number of imide groups is 2. The molecular weight excluding hydrogens is 524 g/mol. The molecule has 10 unspecified atom stereocenters. The molecular formula is C28H34N2O10. The maximum absolute atomic E-state index is 13.2. The lowest BCUT2D eigenvalue weighted by atomic mass is 9.53. The average Bonchev–Trinajstić information content (AvgIpc) is 3.83. The normalized spacial score (nSPS) is 45.1. The summed E-state index contributed by atoms with van der Waals surface area (Å²) in [6, 6.07) is 0. The molecule has 7 aliphatic rings. The highest BCUT2D eigenvalue weighted by Gasteiger charge is 2.64. The van der Waals surface area contributed by atoms with E-state index in [0.29, 0.717) is 38.5 Å². The molecule has 12 nitrogen and oxygen atoms in total. The lowest BCUT2D eigenvalue weighted by Gasteiger charge is -2.49. The molecule has 3 aliphatic carbocycles. The third-order valence-electron chi connectivity index (χ3n) is 11.3. The average molecular weight is 559 g/mol. The molecule has 40 heavy (non-hydrogen) atoms. The van der Waals surface area contributed by atoms with Crippen LogP contribution in [-0.2, 0) is 38.2 Å². The van der Waals surface area contributed by atoms with E-state index in [-0.39, 0.29) is 86.8 Å². The minimum Gasteiger partial charge on any atom is -0.481 e. The quantitative estimate of drug-likeness (QED) is 0.320. The highest BCUT2D eigenvalue weighted by molar-refractivity contribution is 6.06. The Kier molecular flexibility index (Phi) is 5.75. The maximum Gasteiger partial charge on any atom is 0.310 e. The van der Waals surface area contributed by atoms with Crippen molar-refractivity contribution in [1.82, 2.24) is 9.80 Å². The van der Waals surface area contributed by atoms with Gasteiger partial charge >= 0.3 is 11.9 Å². The molecule has 4 heterocycles. The molecule has 216 valence electrons. The van der Waals surface area contributed by atoms with Crippen LogP contribution in [0, 0.1) is 34.5 Å². The zero-order valence-corrected chi connectivity index (χ0v) is 22.2. The van der Waals surface area contributed by atoms with Gasteiger partial charge in [-0.1, -0.05) is 12.8 Å². The molecule has 7 rings (SSSR count). The minimum atomic E-state index is -1.76. The molecule has 7 fully saturated rings. The Morgan fingerprint density at radius 3 is 1.20 bits per heavy atom. The smallest absolute Gasteiger partial charge is 0.310 e. The number of fused-ring (bicyclic) bond motifs is 4. The first-order valence-electron chi connectivity index (χ1n) is 14.6. The van der Waals surface area contributed by atoms with Crippen molar-refractivity contribution in [3.05, 3.63) is 0 Å². The molecule has 0 spiro atoms. The van der Waals surface area contributed by atoms with Crippen LogP contribution < -0.4 is 0 Å². The Morgan fingerprint density at radius 2 is 0.925 bits per heavy atom. The summed E-state index contributed by atoms with van der Waals surface area (Å²) in [7, 11) is 0. The van der Waals surface area contributed by atoms with Gasteiger partial charge in [-0.05, 0) is 51.4 Å². The van der Waals surface area contributed by atoms with E-state index in [4.69, 9.17) is 9.47 Å². The van der Waals surface area contributed by atoms with E-state index in [1.54, 1.807) is 0 Å². The highest BCUT2D eigenvalue weighted by Crippen LogP contribution is 2.57. The number of hydrogen-bond acceptors (Lipinski definition) is 8. The van der Waals surface area contributed by atoms with Crippen molar-refractivity contribution in [2.75, 3.05) is 13.1 Å². The van der Waals surface area contributed by atoms with Crippen molar-refractivity contribution >= 4 is 35.6 Å². The first kappa shape index (κ1) is 26.1. The Morgan fingerprint density at radius 1 is 0.625 bits per heavy atom. The van der Waals surface area contributed by atoms with Crippen LogP contribution >= 0.6 is 0 Å². The van der Waals surface area contributed by atoms with Crippen molar-refractivity contribution < 1.29 is 48.5 Å². The van der Waals surface area contributed by atoms with Crippen molar-refractivity contribution in [1.29, 1.82) is 0 Å². The first-order chi connectivity index (χ1) is 19.1. The minimum absolute atomic E-state index is 0.000496. The van der Waals surface area contributed by atoms with Crippen molar-refractivity contribution in [3.63, 3.8) is 0 Å². The van der Waals surface area contributed by atoms with E-state index in [1.807, 2.05) is 0 Å². The van der Waals surface area contributed by atoms with E-state index in [1.165, 1.54) is 0 Å². The van der Waals surface area contributed by atoms with Crippen LogP contribution in [0.4, 0.5) is 0 Å². The molecule has 10 atom stereocenters. The van der Waals surface area contributed by atoms with Gasteiger partial charge in [0.1, 0.15) is 0 Å². The summed E-state index contributed by atoms with van der Waals surface area (Å²) in [4.78, 5) is 81.0. The fourth-order valence-corrected chi connectivity index (χ4v) is 8.90. The third-order valence-corrected chi connectivity index (χ3v) is 11.3. The number of carbonyl (C=O) groups is 6. The Hall–Kier alpha value is -2.86. The van der Waals surface area contributed by atoms with Crippen molar-refractivity contribution in [3.8, 4) is 0 Å². The van der Waals surface area contributed by atoms with Crippen LogP contribution in [-0.4, -0.2) is 93.1 Å². The number of epoxide rings is 2. The number of carboxylic acids is 2. The topological polar surface area (TPSA) is 174 Å². The summed E-state index contributed by atoms with van der Waals surface area (Å²) >= 11 is 0. The number of likely N-dealkylation sites (tertiary alicyclic amines) is 2. The SMILES string of the molecule is O=C1C2CC3OC3CC2C(=O)N1CCC1(C(=O)O)CCCCC1(CCN1C(=O)C2CC3OC3CC2C1=O)C(=O)O. The molecule has 2 N–H and O–H groups in total. The van der Waals surface area contributed by atoms with Gasteiger partial charge in [0.15, 0.2) is 0 Å². The second-order valence-corrected chi connectivity index (χ2v) is 12.9. The Balaban J connectivity index is 1.12. The zero-order chi connectivity index (χ0) is 28.1. The maximum atomic E-state index is 13.2. The number of rotatable bonds is 8. The number of aliphatic carboxylic acids is 2. The number of amides is 4. The molecule has 0 aromatic heterocycles. The lowest BCUT2D eigenvalue weighted by molar-refractivity contribution is -0.183. The van der Waals surface area contributed by atoms with Crippen LogP contribution in [0.25, 0.3) is 0 Å². The summed E-state index contributed by atoms with van der Waals surface area (Å²) in [5.74, 6) is -5.80. The molecule has 0 radical (unpaired) electrons. The summed E-state index contributed by atoms with van der Waals surface area (Å²) in [6.45, 7) is -0.340. The highest BCUT2D eigenvalue weighted by atomic mass is 16.6. The fourth-order valence-electron chi connectivity index (χ4n) is 8.90. The van der Waals surface area contributed by atoms with Crippen LogP contribution in [0.1, 0.15) is 64.2 Å². The number of carboxylic acid groups (broad SMARTS) is 2. The Labute approximate surface area is 230 Å². The largest absolute Gasteiger partial charge is 0.481 e. The van der Waals surface area contributed by atoms with Gasteiger partial charge in [-0.15, -0.1) is 0 Å². The van der Waals surface area contributed by atoms with Crippen molar-refractivity contribution in [2.24, 2.45) is 34.5 Å². The van der Waals surface area contributed by atoms with Crippen molar-refractivity contribution in [2.45, 2.75) is 88.6 Å². The number of ether oxygens (including phenoxy) is 2. The molecule has 4 aliphatic heterocycles. The standard InChI is InChI=1S/C28H34N2O10/c31-21-13-9-17-18(39-17)10-14(13)22(32)29(21)7-5-27(25(35)36)3-1-2-4-28(27,26(37)38)6-8-30-23(33)15-11-19-20(40-19)12-16(15)24(30)34/h13-20H,1-12H2,(H,35,36)(H,37,38). The van der Waals surface area contributed by atoms with Gasteiger partial charge in [-0.25, -0.2) is 0 Å². The van der Waals surface area contributed by atoms with Crippen LogP contribution in [0.2, 0.25) is 0 Å². The van der Waals surface area contributed by atoms with Gasteiger partial charge in [0, 0.05) is 13.1 Å². The second-order valence-electron chi connectivity index (χ2n) is 12.9. The van der Waals surface area contributed by atoms with Crippen LogP contribution in [0.5, 0.6) is 0 Å². The number of carbonyl (C=O) groups excluding carboxylic acids is 4. The fraction of sp³-hybridized carbons (Fsp3) is 0.786. The summed E-state index contributed by atoms with van der Waals surface area (Å²) in [5.41, 5.74) is -3.52. The Bertz CT molecular complexity index is 1070. The van der Waals surface area contributed by atoms with E-state index in [9.17, 15) is 39.0 Å². The van der Waals surface area contributed by atoms with Gasteiger partial charge in [-0.3, -0.25) is 38.6 Å². The van der Waals surface area contributed by atoms with Gasteiger partial charge in [0.05, 0.1) is 58.9 Å². The monoisotopic (exact) mass is 558 g/mol. The summed E-state index contributed by atoms with van der Waals surface area (Å²) < 4.78 is 11.0. The van der Waals surface area contributed by atoms with Gasteiger partial charge < -0.3 is 19.7 Å². The van der Waals surface area contributed by atoms with Crippen LogP contribution in [0.15, 0.2) is 0 Å². The summed E-state index contributed by atoms with van der Waals surface area (Å²) in [6.07, 6.45) is 2.66. The summed E-state index contributed by atoms with van der Waals surface area (Å²) in [5, 5.41) is 21.2. The molecule has 0 aromatic carbocycles. The van der Waals surface area contributed by atoms with E-state index in [2.05, 4.69) is 0 Å². The first-order valence-corrected chi connectivity index (χ1v) is 14.6. The number of hydrogen-bond donors (Lipinski definition) is 2. The zero-order valence-electron chi connectivity index (χ0n) is 22.2. The molecule has 4 saturated heterocycles. The molecule has 4 amide bonds. The predicted octanol–water partition coefficient (Wildman–Crippen LogP) is 0.807. The van der Waals surface area contributed by atoms with E-state index >= 15 is 0 Å². The predicted molar refractivity (Wildman–Crippen MR) is 131 cm³/mol. The molecule has 3 saturated carbocycles. The lowest BCUT2D eigenvalue weighted by Crippen LogP contribution is -2.57. The van der Waals surface area contributed by atoms with Gasteiger partial charge in [-0.2, -0.15) is 0 Å².